The zero-order chi connectivity index (χ0) is 23.3. The molecule has 0 spiro atoms. The number of fused-ring (bicyclic) bond motifs is 5. The molecule has 1 amide bonds. The van der Waals surface area contributed by atoms with Gasteiger partial charge >= 0.3 is 0 Å². The topological polar surface area (TPSA) is 68.3 Å². The van der Waals surface area contributed by atoms with Crippen LogP contribution in [-0.4, -0.2) is 23.8 Å². The Morgan fingerprint density at radius 3 is 2.85 bits per heavy atom. The number of ketones is 1. The van der Waals surface area contributed by atoms with Crippen LogP contribution in [0.4, 0.5) is 5.13 Å². The summed E-state index contributed by atoms with van der Waals surface area (Å²) in [7, 11) is 1.74. The Balaban J connectivity index is 1.35. The zero-order valence-electron chi connectivity index (χ0n) is 20.1. The quantitative estimate of drug-likeness (QED) is 0.601. The highest BCUT2D eigenvalue weighted by molar-refractivity contribution is 7.15. The van der Waals surface area contributed by atoms with Gasteiger partial charge in [-0.1, -0.05) is 13.0 Å². The van der Waals surface area contributed by atoms with Crippen LogP contribution in [0.2, 0.25) is 0 Å². The molecule has 2 aromatic rings. The average molecular weight is 467 g/mol. The Labute approximate surface area is 200 Å². The molecule has 1 aromatic heterocycles. The number of aromatic nitrogens is 1. The predicted molar refractivity (Wildman–Crippen MR) is 131 cm³/mol. The molecule has 1 aromatic carbocycles. The van der Waals surface area contributed by atoms with E-state index in [0.717, 1.165) is 42.7 Å². The van der Waals surface area contributed by atoms with Gasteiger partial charge in [0.2, 0.25) is 5.91 Å². The lowest BCUT2D eigenvalue weighted by atomic mass is 9.54. The molecule has 0 bridgehead atoms. The zero-order valence-corrected chi connectivity index (χ0v) is 20.9. The number of nitrogens with one attached hydrogen (secondary N) is 1. The average Bonchev–Trinajstić information content (AvgIpc) is 3.31. The highest BCUT2D eigenvalue weighted by Crippen LogP contribution is 2.62. The van der Waals surface area contributed by atoms with Gasteiger partial charge in [0.25, 0.3) is 0 Å². The number of hydrogen-bond acceptors (Lipinski definition) is 5. The molecular weight excluding hydrogens is 432 g/mol. The lowest BCUT2D eigenvalue weighted by Crippen LogP contribution is -2.44. The first-order valence-electron chi connectivity index (χ1n) is 12.2. The summed E-state index contributed by atoms with van der Waals surface area (Å²) >= 11 is 1.50. The monoisotopic (exact) mass is 466 g/mol. The van der Waals surface area contributed by atoms with E-state index in [1.165, 1.54) is 28.0 Å². The van der Waals surface area contributed by atoms with Crippen LogP contribution in [-0.2, 0) is 16.0 Å². The largest absolute Gasteiger partial charge is 0.496 e. The molecule has 3 aliphatic rings. The van der Waals surface area contributed by atoms with Crippen molar-refractivity contribution in [3.63, 3.8) is 0 Å². The van der Waals surface area contributed by atoms with Crippen LogP contribution in [0.25, 0.3) is 0 Å². The molecule has 2 fully saturated rings. The number of Topliss-reactive ketones (excluding diaryl/α,β-unsaturated/α-hetero) is 1. The number of thiazole rings is 1. The summed E-state index contributed by atoms with van der Waals surface area (Å²) in [6.07, 6.45) is 7.85. The molecule has 5 unspecified atom stereocenters. The SMILES string of the molecule is COc1cc2c(cc1C)C1CCC3(C)C(=O)CC(CCC(=O)Nc4ncc(C)s4)C3C1CC2. The second-order valence-corrected chi connectivity index (χ2v) is 11.8. The molecule has 176 valence electrons. The van der Waals surface area contributed by atoms with Crippen LogP contribution < -0.4 is 10.1 Å². The number of anilines is 1. The fourth-order valence-electron chi connectivity index (χ4n) is 7.17. The van der Waals surface area contributed by atoms with Crippen LogP contribution >= 0.6 is 11.3 Å². The van der Waals surface area contributed by atoms with E-state index in [4.69, 9.17) is 4.74 Å². The van der Waals surface area contributed by atoms with Gasteiger partial charge in [0, 0.05) is 29.3 Å². The molecule has 0 radical (unpaired) electrons. The lowest BCUT2D eigenvalue weighted by Gasteiger charge is -2.50. The first kappa shape index (κ1) is 22.6. The highest BCUT2D eigenvalue weighted by atomic mass is 32.1. The number of methoxy groups -OCH3 is 1. The Morgan fingerprint density at radius 2 is 2.12 bits per heavy atom. The van der Waals surface area contributed by atoms with E-state index in [9.17, 15) is 9.59 Å². The fourth-order valence-corrected chi connectivity index (χ4v) is 7.85. The number of benzene rings is 1. The number of hydrogen-bond donors (Lipinski definition) is 1. The van der Waals surface area contributed by atoms with Crippen molar-refractivity contribution in [3.05, 3.63) is 39.9 Å². The van der Waals surface area contributed by atoms with Gasteiger partial charge in [0.1, 0.15) is 11.5 Å². The maximum Gasteiger partial charge on any atom is 0.226 e. The number of ether oxygens (including phenoxy) is 1. The molecule has 3 aliphatic carbocycles. The third kappa shape index (κ3) is 3.90. The fraction of sp³-hybridized carbons (Fsp3) is 0.593. The van der Waals surface area contributed by atoms with Gasteiger partial charge in [-0.2, -0.15) is 0 Å². The molecule has 33 heavy (non-hydrogen) atoms. The Kier molecular flexibility index (Phi) is 5.84. The first-order valence-corrected chi connectivity index (χ1v) is 13.0. The second kappa shape index (κ2) is 8.53. The standard InChI is InChI=1S/C27H34N2O3S/c1-15-11-21-17(12-22(15)32-4)5-7-20-19(21)9-10-27(3)23(30)13-18(25(20)27)6-8-24(31)29-26-28-14-16(2)33-26/h11-12,14,18-20,25H,5-10,13H2,1-4H3,(H,28,29,31). The number of carbonyl (C=O) groups excluding carboxylic acids is 2. The van der Waals surface area contributed by atoms with E-state index >= 15 is 0 Å². The number of amides is 1. The van der Waals surface area contributed by atoms with Crippen molar-refractivity contribution in [2.45, 2.75) is 71.6 Å². The number of aryl methyl sites for hydroxylation is 3. The van der Waals surface area contributed by atoms with Crippen molar-refractivity contribution in [3.8, 4) is 5.75 Å². The molecule has 1 N–H and O–H groups in total. The minimum absolute atomic E-state index is 0.00877. The van der Waals surface area contributed by atoms with Gasteiger partial charge in [0.15, 0.2) is 5.13 Å². The predicted octanol–water partition coefficient (Wildman–Crippen LogP) is 5.84. The summed E-state index contributed by atoms with van der Waals surface area (Å²) in [5.41, 5.74) is 3.86. The minimum atomic E-state index is -0.228. The van der Waals surface area contributed by atoms with Gasteiger partial charge < -0.3 is 10.1 Å². The molecule has 0 saturated heterocycles. The smallest absolute Gasteiger partial charge is 0.226 e. The number of rotatable bonds is 5. The molecule has 5 rings (SSSR count). The highest BCUT2D eigenvalue weighted by Gasteiger charge is 2.58. The Morgan fingerprint density at radius 1 is 1.30 bits per heavy atom. The Hall–Kier alpha value is -2.21. The summed E-state index contributed by atoms with van der Waals surface area (Å²) in [6.45, 7) is 6.32. The first-order chi connectivity index (χ1) is 15.8. The van der Waals surface area contributed by atoms with E-state index < -0.39 is 0 Å². The van der Waals surface area contributed by atoms with Crippen LogP contribution in [0, 0.1) is 37.0 Å². The van der Waals surface area contributed by atoms with Crippen molar-refractivity contribution in [2.75, 3.05) is 12.4 Å². The normalized spacial score (nSPS) is 30.4. The minimum Gasteiger partial charge on any atom is -0.496 e. The van der Waals surface area contributed by atoms with Crippen molar-refractivity contribution in [1.82, 2.24) is 4.98 Å². The van der Waals surface area contributed by atoms with Crippen molar-refractivity contribution in [2.24, 2.45) is 23.2 Å². The molecule has 5 nitrogen and oxygen atoms in total. The lowest BCUT2D eigenvalue weighted by molar-refractivity contribution is -0.129. The van der Waals surface area contributed by atoms with Crippen LogP contribution in [0.5, 0.6) is 5.75 Å². The summed E-state index contributed by atoms with van der Waals surface area (Å²) in [5, 5.41) is 3.60. The van der Waals surface area contributed by atoms with E-state index in [-0.39, 0.29) is 11.3 Å². The van der Waals surface area contributed by atoms with E-state index in [2.05, 4.69) is 36.3 Å². The van der Waals surface area contributed by atoms with E-state index in [1.54, 1.807) is 13.3 Å². The summed E-state index contributed by atoms with van der Waals surface area (Å²) < 4.78 is 5.58. The van der Waals surface area contributed by atoms with Crippen molar-refractivity contribution in [1.29, 1.82) is 0 Å². The molecule has 6 heteroatoms. The molecule has 1 heterocycles. The number of nitrogens with zero attached hydrogens (tertiary/aromatic N) is 1. The van der Waals surface area contributed by atoms with Crippen LogP contribution in [0.15, 0.2) is 18.3 Å². The summed E-state index contributed by atoms with van der Waals surface area (Å²) in [4.78, 5) is 31.1. The van der Waals surface area contributed by atoms with Crippen LogP contribution in [0.1, 0.15) is 72.9 Å². The third-order valence-electron chi connectivity index (χ3n) is 8.69. The molecule has 5 atom stereocenters. The molecular formula is C27H34N2O3S. The van der Waals surface area contributed by atoms with Crippen molar-refractivity contribution < 1.29 is 14.3 Å². The van der Waals surface area contributed by atoms with Gasteiger partial charge in [-0.3, -0.25) is 9.59 Å². The molecule has 0 aliphatic heterocycles. The van der Waals surface area contributed by atoms with Gasteiger partial charge in [-0.15, -0.1) is 11.3 Å². The maximum atomic E-state index is 13.2. The van der Waals surface area contributed by atoms with Crippen molar-refractivity contribution >= 4 is 28.2 Å². The third-order valence-corrected chi connectivity index (χ3v) is 9.52. The van der Waals surface area contributed by atoms with Crippen LogP contribution in [0.3, 0.4) is 0 Å². The Bertz CT molecular complexity index is 1090. The van der Waals surface area contributed by atoms with Gasteiger partial charge in [0.05, 0.1) is 7.11 Å². The second-order valence-electron chi connectivity index (χ2n) is 10.6. The van der Waals surface area contributed by atoms with E-state index in [0.29, 0.717) is 47.4 Å². The summed E-state index contributed by atoms with van der Waals surface area (Å²) in [6, 6.07) is 4.57. The molecule has 2 saturated carbocycles. The van der Waals surface area contributed by atoms with Gasteiger partial charge in [-0.25, -0.2) is 4.98 Å². The maximum absolute atomic E-state index is 13.2. The van der Waals surface area contributed by atoms with Gasteiger partial charge in [-0.05, 0) is 92.4 Å². The summed E-state index contributed by atoms with van der Waals surface area (Å²) in [5.74, 6) is 3.10. The van der Waals surface area contributed by atoms with E-state index in [1.807, 2.05) is 6.92 Å². The number of carbonyl (C=O) groups is 2.